The quantitative estimate of drug-likeness (QED) is 0.917. The maximum atomic E-state index is 11.5. The summed E-state index contributed by atoms with van der Waals surface area (Å²) < 4.78 is 0. The second kappa shape index (κ2) is 5.55. The molecule has 0 radical (unpaired) electrons. The van der Waals surface area contributed by atoms with Crippen LogP contribution in [0.3, 0.4) is 0 Å². The molecule has 2 aliphatic heterocycles. The van der Waals surface area contributed by atoms with Crippen LogP contribution in [0.1, 0.15) is 24.3 Å². The fourth-order valence-electron chi connectivity index (χ4n) is 2.89. The van der Waals surface area contributed by atoms with Crippen molar-refractivity contribution in [2.45, 2.75) is 29.7 Å². The number of hydrogen-bond donors (Lipinski definition) is 1. The Balaban J connectivity index is 1.55. The zero-order chi connectivity index (χ0) is 13.2. The van der Waals surface area contributed by atoms with E-state index in [1.165, 1.54) is 16.2 Å². The van der Waals surface area contributed by atoms with Gasteiger partial charge in [-0.2, -0.15) is 0 Å². The Bertz CT molecular complexity index is 477. The summed E-state index contributed by atoms with van der Waals surface area (Å²) in [5.74, 6) is 2.07. The molecule has 2 atom stereocenters. The van der Waals surface area contributed by atoms with Crippen molar-refractivity contribution in [2.75, 3.05) is 25.9 Å². The summed E-state index contributed by atoms with van der Waals surface area (Å²) in [6.45, 7) is 1.87. The SMILES string of the molecule is CN1CC(NCC2CSc3ccccc32)CCC1=O. The van der Waals surface area contributed by atoms with E-state index in [1.807, 2.05) is 23.7 Å². The van der Waals surface area contributed by atoms with Gasteiger partial charge < -0.3 is 10.2 Å². The monoisotopic (exact) mass is 276 g/mol. The molecule has 1 fully saturated rings. The first-order valence-electron chi connectivity index (χ1n) is 6.93. The number of thioether (sulfide) groups is 1. The largest absolute Gasteiger partial charge is 0.344 e. The molecule has 0 aliphatic carbocycles. The van der Waals surface area contributed by atoms with Crippen LogP contribution >= 0.6 is 11.8 Å². The Morgan fingerprint density at radius 2 is 2.26 bits per heavy atom. The second-order valence-electron chi connectivity index (χ2n) is 5.46. The molecule has 3 rings (SSSR count). The fourth-order valence-corrected chi connectivity index (χ4v) is 4.14. The van der Waals surface area contributed by atoms with E-state index in [9.17, 15) is 4.79 Å². The number of carbonyl (C=O) groups excluding carboxylic acids is 1. The van der Waals surface area contributed by atoms with Crippen LogP contribution in [0.4, 0.5) is 0 Å². The Hall–Kier alpha value is -1.00. The number of fused-ring (bicyclic) bond motifs is 1. The van der Waals surface area contributed by atoms with Crippen LogP contribution < -0.4 is 5.32 Å². The van der Waals surface area contributed by atoms with Gasteiger partial charge >= 0.3 is 0 Å². The Morgan fingerprint density at radius 3 is 3.11 bits per heavy atom. The van der Waals surface area contributed by atoms with E-state index < -0.39 is 0 Å². The average molecular weight is 276 g/mol. The van der Waals surface area contributed by atoms with Crippen LogP contribution in [0.25, 0.3) is 0 Å². The maximum Gasteiger partial charge on any atom is 0.222 e. The van der Waals surface area contributed by atoms with Crippen LogP contribution in [0, 0.1) is 0 Å². The number of likely N-dealkylation sites (tertiary alicyclic amines) is 1. The van der Waals surface area contributed by atoms with Crippen molar-refractivity contribution in [3.8, 4) is 0 Å². The molecule has 1 N–H and O–H groups in total. The van der Waals surface area contributed by atoms with Gasteiger partial charge in [0.25, 0.3) is 0 Å². The number of carbonyl (C=O) groups is 1. The number of nitrogens with one attached hydrogen (secondary N) is 1. The van der Waals surface area contributed by atoms with Gasteiger partial charge in [0.15, 0.2) is 0 Å². The molecule has 1 saturated heterocycles. The van der Waals surface area contributed by atoms with E-state index in [2.05, 4.69) is 29.6 Å². The highest BCUT2D eigenvalue weighted by Crippen LogP contribution is 2.38. The van der Waals surface area contributed by atoms with E-state index in [0.29, 0.717) is 18.4 Å². The molecule has 19 heavy (non-hydrogen) atoms. The van der Waals surface area contributed by atoms with E-state index in [-0.39, 0.29) is 5.91 Å². The summed E-state index contributed by atoms with van der Waals surface area (Å²) in [6.07, 6.45) is 1.66. The summed E-state index contributed by atoms with van der Waals surface area (Å²) in [6, 6.07) is 9.17. The van der Waals surface area contributed by atoms with Crippen molar-refractivity contribution in [2.24, 2.45) is 0 Å². The fraction of sp³-hybridized carbons (Fsp3) is 0.533. The first kappa shape index (κ1) is 13.0. The normalized spacial score (nSPS) is 26.6. The molecule has 1 amide bonds. The van der Waals surface area contributed by atoms with Gasteiger partial charge in [0.05, 0.1) is 0 Å². The topological polar surface area (TPSA) is 32.3 Å². The van der Waals surface area contributed by atoms with Gasteiger partial charge in [-0.1, -0.05) is 18.2 Å². The van der Waals surface area contributed by atoms with E-state index in [4.69, 9.17) is 0 Å². The average Bonchev–Trinajstić information content (AvgIpc) is 2.83. The van der Waals surface area contributed by atoms with Crippen LogP contribution in [0.15, 0.2) is 29.2 Å². The minimum atomic E-state index is 0.278. The summed E-state index contributed by atoms with van der Waals surface area (Å²) in [5, 5.41) is 3.65. The van der Waals surface area contributed by atoms with Crippen molar-refractivity contribution in [3.05, 3.63) is 29.8 Å². The Labute approximate surface area is 118 Å². The molecule has 0 bridgehead atoms. The van der Waals surface area contributed by atoms with Gasteiger partial charge in [-0.3, -0.25) is 4.79 Å². The smallest absolute Gasteiger partial charge is 0.222 e. The lowest BCUT2D eigenvalue weighted by Gasteiger charge is -2.31. The first-order chi connectivity index (χ1) is 9.24. The highest BCUT2D eigenvalue weighted by molar-refractivity contribution is 7.99. The number of likely N-dealkylation sites (N-methyl/N-ethyl adjacent to an activating group) is 1. The molecule has 1 aromatic rings. The van der Waals surface area contributed by atoms with Gasteiger partial charge in [0.1, 0.15) is 0 Å². The minimum Gasteiger partial charge on any atom is -0.344 e. The standard InChI is InChI=1S/C15H20N2OS/c1-17-9-12(6-7-15(17)18)16-8-11-10-19-14-5-3-2-4-13(11)14/h2-5,11-12,16H,6-10H2,1H3. The van der Waals surface area contributed by atoms with Crippen molar-refractivity contribution in [1.82, 2.24) is 10.2 Å². The molecule has 4 heteroatoms. The third-order valence-corrected chi connectivity index (χ3v) is 5.33. The van der Waals surface area contributed by atoms with Gasteiger partial charge in [-0.05, 0) is 18.1 Å². The number of nitrogens with zero attached hydrogens (tertiary/aromatic N) is 1. The zero-order valence-electron chi connectivity index (χ0n) is 11.3. The number of benzene rings is 1. The predicted octanol–water partition coefficient (Wildman–Crippen LogP) is 2.09. The number of hydrogen-bond acceptors (Lipinski definition) is 3. The summed E-state index contributed by atoms with van der Waals surface area (Å²) in [4.78, 5) is 14.7. The van der Waals surface area contributed by atoms with Gasteiger partial charge in [0.2, 0.25) is 5.91 Å². The summed E-state index contributed by atoms with van der Waals surface area (Å²) >= 11 is 1.96. The molecule has 0 aromatic heterocycles. The second-order valence-corrected chi connectivity index (χ2v) is 6.53. The molecule has 0 spiro atoms. The van der Waals surface area contributed by atoms with Crippen molar-refractivity contribution in [1.29, 1.82) is 0 Å². The number of piperidine rings is 1. The lowest BCUT2D eigenvalue weighted by molar-refractivity contribution is -0.132. The maximum absolute atomic E-state index is 11.5. The summed E-state index contributed by atoms with van der Waals surface area (Å²) in [5.41, 5.74) is 1.49. The third-order valence-electron chi connectivity index (χ3n) is 4.08. The predicted molar refractivity (Wildman–Crippen MR) is 78.6 cm³/mol. The third kappa shape index (κ3) is 2.79. The molecule has 0 saturated carbocycles. The number of rotatable bonds is 3. The van der Waals surface area contributed by atoms with Gasteiger partial charge in [-0.25, -0.2) is 0 Å². The zero-order valence-corrected chi connectivity index (χ0v) is 12.1. The van der Waals surface area contributed by atoms with Crippen LogP contribution in [0.5, 0.6) is 0 Å². The molecule has 1 aromatic carbocycles. The molecule has 102 valence electrons. The van der Waals surface area contributed by atoms with Gasteiger partial charge in [-0.15, -0.1) is 11.8 Å². The lowest BCUT2D eigenvalue weighted by Crippen LogP contribution is -2.47. The Morgan fingerprint density at radius 1 is 1.42 bits per heavy atom. The molecule has 3 nitrogen and oxygen atoms in total. The van der Waals surface area contributed by atoms with E-state index >= 15 is 0 Å². The van der Waals surface area contributed by atoms with E-state index in [1.54, 1.807) is 0 Å². The summed E-state index contributed by atoms with van der Waals surface area (Å²) in [7, 11) is 1.90. The van der Waals surface area contributed by atoms with Crippen LogP contribution in [-0.2, 0) is 4.79 Å². The molecule has 2 unspecified atom stereocenters. The molecule has 2 aliphatic rings. The van der Waals surface area contributed by atoms with Gasteiger partial charge in [0, 0.05) is 49.2 Å². The highest BCUT2D eigenvalue weighted by atomic mass is 32.2. The van der Waals surface area contributed by atoms with Crippen molar-refractivity contribution < 1.29 is 4.79 Å². The van der Waals surface area contributed by atoms with Crippen LogP contribution in [0.2, 0.25) is 0 Å². The molecular weight excluding hydrogens is 256 g/mol. The lowest BCUT2D eigenvalue weighted by atomic mass is 9.99. The van der Waals surface area contributed by atoms with E-state index in [0.717, 1.165) is 19.5 Å². The van der Waals surface area contributed by atoms with Crippen LogP contribution in [-0.4, -0.2) is 42.7 Å². The highest BCUT2D eigenvalue weighted by Gasteiger charge is 2.26. The molecular formula is C15H20N2OS. The first-order valence-corrected chi connectivity index (χ1v) is 7.91. The number of amides is 1. The van der Waals surface area contributed by atoms with Crippen molar-refractivity contribution in [3.63, 3.8) is 0 Å². The Kier molecular flexibility index (Phi) is 3.80. The molecule has 2 heterocycles. The van der Waals surface area contributed by atoms with Crippen molar-refractivity contribution >= 4 is 17.7 Å². The minimum absolute atomic E-state index is 0.278.